The molecule has 0 amide bonds. The van der Waals surface area contributed by atoms with Crippen molar-refractivity contribution in [2.45, 2.75) is 76.5 Å². The van der Waals surface area contributed by atoms with Crippen molar-refractivity contribution < 1.29 is 0 Å². The van der Waals surface area contributed by atoms with E-state index in [-0.39, 0.29) is 0 Å². The Labute approximate surface area is 117 Å². The number of thioether (sulfide) groups is 1. The second-order valence-corrected chi connectivity index (χ2v) is 6.84. The van der Waals surface area contributed by atoms with Gasteiger partial charge in [0.2, 0.25) is 0 Å². The van der Waals surface area contributed by atoms with Crippen LogP contribution in [-0.4, -0.2) is 47.6 Å². The molecule has 2 rings (SSSR count). The molecule has 3 unspecified atom stereocenters. The number of rotatable bonds is 6. The molecule has 2 heterocycles. The molecule has 2 aliphatic heterocycles. The number of piperidine rings is 2. The Kier molecular flexibility index (Phi) is 5.84. The van der Waals surface area contributed by atoms with Gasteiger partial charge in [0.1, 0.15) is 0 Å². The zero-order valence-electron chi connectivity index (χ0n) is 12.3. The van der Waals surface area contributed by atoms with Crippen LogP contribution in [0.1, 0.15) is 52.4 Å². The van der Waals surface area contributed by atoms with Crippen LogP contribution in [0, 0.1) is 0 Å². The molecule has 0 aromatic rings. The third-order valence-electron chi connectivity index (χ3n) is 4.78. The van der Waals surface area contributed by atoms with Gasteiger partial charge in [-0.25, -0.2) is 0 Å². The fraction of sp³-hybridized carbons (Fsp3) is 1.00. The minimum atomic E-state index is 0.785. The fourth-order valence-corrected chi connectivity index (χ4v) is 4.87. The number of nitrogens with zero attached hydrogens (tertiary/aromatic N) is 1. The van der Waals surface area contributed by atoms with Gasteiger partial charge in [-0.1, -0.05) is 20.3 Å². The lowest BCUT2D eigenvalue weighted by molar-refractivity contribution is -0.00456. The van der Waals surface area contributed by atoms with Gasteiger partial charge >= 0.3 is 0 Å². The summed E-state index contributed by atoms with van der Waals surface area (Å²) in [5.74, 6) is 1.31. The molecule has 2 saturated heterocycles. The zero-order valence-corrected chi connectivity index (χ0v) is 13.1. The van der Waals surface area contributed by atoms with Crippen LogP contribution in [0.4, 0.5) is 0 Å². The molecular formula is C15H30N2S. The topological polar surface area (TPSA) is 15.3 Å². The number of hydrogen-bond acceptors (Lipinski definition) is 3. The third-order valence-corrected chi connectivity index (χ3v) is 5.49. The molecular weight excluding hydrogens is 240 g/mol. The SMILES string of the molecule is CCNC1CC2CCCC(C1)N2C(CC)CSC. The van der Waals surface area contributed by atoms with E-state index >= 15 is 0 Å². The van der Waals surface area contributed by atoms with E-state index in [1.165, 1.54) is 44.3 Å². The summed E-state index contributed by atoms with van der Waals surface area (Å²) in [6.45, 7) is 5.74. The van der Waals surface area contributed by atoms with Gasteiger partial charge in [-0.3, -0.25) is 4.90 Å². The van der Waals surface area contributed by atoms with E-state index in [2.05, 4.69) is 30.3 Å². The van der Waals surface area contributed by atoms with Crippen LogP contribution in [-0.2, 0) is 0 Å². The second-order valence-electron chi connectivity index (χ2n) is 5.93. The van der Waals surface area contributed by atoms with E-state index in [0.717, 1.165) is 30.7 Å². The number of fused-ring (bicyclic) bond motifs is 2. The van der Waals surface area contributed by atoms with Gasteiger partial charge in [0, 0.05) is 29.9 Å². The lowest BCUT2D eigenvalue weighted by Gasteiger charge is -2.52. The van der Waals surface area contributed by atoms with E-state index in [9.17, 15) is 0 Å². The fourth-order valence-electron chi connectivity index (χ4n) is 4.08. The first-order valence-corrected chi connectivity index (χ1v) is 9.19. The summed E-state index contributed by atoms with van der Waals surface area (Å²) in [5, 5.41) is 3.69. The van der Waals surface area contributed by atoms with E-state index in [4.69, 9.17) is 0 Å². The van der Waals surface area contributed by atoms with Crippen molar-refractivity contribution in [2.24, 2.45) is 0 Å². The van der Waals surface area contributed by atoms with Crippen molar-refractivity contribution in [3.63, 3.8) is 0 Å². The Morgan fingerprint density at radius 3 is 2.39 bits per heavy atom. The highest BCUT2D eigenvalue weighted by Gasteiger charge is 2.40. The predicted octanol–water partition coefficient (Wildman–Crippen LogP) is 3.12. The Morgan fingerprint density at radius 1 is 1.22 bits per heavy atom. The molecule has 0 spiro atoms. The summed E-state index contributed by atoms with van der Waals surface area (Å²) < 4.78 is 0. The molecule has 2 fully saturated rings. The smallest absolute Gasteiger partial charge is 0.0189 e. The van der Waals surface area contributed by atoms with Crippen LogP contribution in [0.15, 0.2) is 0 Å². The highest BCUT2D eigenvalue weighted by Crippen LogP contribution is 2.36. The van der Waals surface area contributed by atoms with Crippen molar-refractivity contribution >= 4 is 11.8 Å². The maximum absolute atomic E-state index is 3.69. The first-order valence-electron chi connectivity index (χ1n) is 7.79. The minimum Gasteiger partial charge on any atom is -0.314 e. The zero-order chi connectivity index (χ0) is 13.0. The van der Waals surface area contributed by atoms with E-state index in [0.29, 0.717) is 0 Å². The van der Waals surface area contributed by atoms with Crippen molar-refractivity contribution in [1.82, 2.24) is 10.2 Å². The van der Waals surface area contributed by atoms with Crippen LogP contribution in [0.3, 0.4) is 0 Å². The molecule has 2 nitrogen and oxygen atoms in total. The first-order chi connectivity index (χ1) is 8.80. The van der Waals surface area contributed by atoms with Gasteiger partial charge in [0.15, 0.2) is 0 Å². The van der Waals surface area contributed by atoms with Crippen LogP contribution in [0.25, 0.3) is 0 Å². The Morgan fingerprint density at radius 2 is 1.89 bits per heavy atom. The Bertz CT molecular complexity index is 233. The first kappa shape index (κ1) is 14.7. The van der Waals surface area contributed by atoms with Crippen LogP contribution in [0.5, 0.6) is 0 Å². The number of nitrogens with one attached hydrogen (secondary N) is 1. The largest absolute Gasteiger partial charge is 0.314 e. The summed E-state index contributed by atoms with van der Waals surface area (Å²) in [6.07, 6.45) is 10.7. The summed E-state index contributed by atoms with van der Waals surface area (Å²) in [5.41, 5.74) is 0. The molecule has 0 aromatic carbocycles. The van der Waals surface area contributed by atoms with Gasteiger partial charge < -0.3 is 5.32 Å². The molecule has 2 aliphatic rings. The average molecular weight is 270 g/mol. The summed E-state index contributed by atoms with van der Waals surface area (Å²) in [7, 11) is 0. The van der Waals surface area contributed by atoms with Gasteiger partial charge in [0.05, 0.1) is 0 Å². The maximum Gasteiger partial charge on any atom is 0.0189 e. The Balaban J connectivity index is 2.02. The summed E-state index contributed by atoms with van der Waals surface area (Å²) >= 11 is 2.02. The lowest BCUT2D eigenvalue weighted by atomic mass is 9.80. The highest BCUT2D eigenvalue weighted by molar-refractivity contribution is 7.98. The number of hydrogen-bond donors (Lipinski definition) is 1. The van der Waals surface area contributed by atoms with Crippen LogP contribution < -0.4 is 5.32 Å². The van der Waals surface area contributed by atoms with Crippen molar-refractivity contribution in [3.05, 3.63) is 0 Å². The minimum absolute atomic E-state index is 0.785. The Hall–Kier alpha value is 0.270. The van der Waals surface area contributed by atoms with Crippen molar-refractivity contribution in [1.29, 1.82) is 0 Å². The molecule has 0 saturated carbocycles. The maximum atomic E-state index is 3.69. The molecule has 0 aliphatic carbocycles. The molecule has 1 N–H and O–H groups in total. The average Bonchev–Trinajstić information content (AvgIpc) is 2.35. The van der Waals surface area contributed by atoms with Gasteiger partial charge in [0.25, 0.3) is 0 Å². The molecule has 18 heavy (non-hydrogen) atoms. The van der Waals surface area contributed by atoms with Gasteiger partial charge in [-0.15, -0.1) is 0 Å². The van der Waals surface area contributed by atoms with Crippen LogP contribution in [0.2, 0.25) is 0 Å². The highest BCUT2D eigenvalue weighted by atomic mass is 32.2. The quantitative estimate of drug-likeness (QED) is 0.798. The van der Waals surface area contributed by atoms with E-state index < -0.39 is 0 Å². The second kappa shape index (κ2) is 7.16. The third kappa shape index (κ3) is 3.23. The van der Waals surface area contributed by atoms with Crippen molar-refractivity contribution in [2.75, 3.05) is 18.6 Å². The monoisotopic (exact) mass is 270 g/mol. The molecule has 2 bridgehead atoms. The van der Waals surface area contributed by atoms with Gasteiger partial charge in [-0.05, 0) is 44.9 Å². The molecule has 3 heteroatoms. The molecule has 106 valence electrons. The van der Waals surface area contributed by atoms with Crippen LogP contribution >= 0.6 is 11.8 Å². The van der Waals surface area contributed by atoms with E-state index in [1.54, 1.807) is 0 Å². The molecule has 0 aromatic heterocycles. The van der Waals surface area contributed by atoms with Gasteiger partial charge in [-0.2, -0.15) is 11.8 Å². The molecule has 3 atom stereocenters. The predicted molar refractivity (Wildman–Crippen MR) is 82.4 cm³/mol. The summed E-state index contributed by atoms with van der Waals surface area (Å²) in [4.78, 5) is 2.91. The summed E-state index contributed by atoms with van der Waals surface area (Å²) in [6, 6.07) is 3.32. The lowest BCUT2D eigenvalue weighted by Crippen LogP contribution is -2.60. The standard InChI is InChI=1S/C15H30N2S/c1-4-13(11-18-3)17-14-7-6-8-15(17)10-12(9-14)16-5-2/h12-16H,4-11H2,1-3H3. The van der Waals surface area contributed by atoms with Crippen molar-refractivity contribution in [3.8, 4) is 0 Å². The van der Waals surface area contributed by atoms with E-state index in [1.807, 2.05) is 11.8 Å². The molecule has 0 radical (unpaired) electrons. The normalized spacial score (nSPS) is 34.5.